The molecule has 0 bridgehead atoms. The van der Waals surface area contributed by atoms with Gasteiger partial charge in [-0.1, -0.05) is 27.7 Å². The average molecular weight is 425 g/mol. The van der Waals surface area contributed by atoms with E-state index in [1.165, 1.54) is 6.07 Å². The molecule has 0 N–H and O–H groups in total. The third-order valence-electron chi connectivity index (χ3n) is 6.67. The Hall–Kier alpha value is -1.78. The van der Waals surface area contributed by atoms with E-state index in [1.807, 2.05) is 11.8 Å². The van der Waals surface area contributed by atoms with Gasteiger partial charge in [0.25, 0.3) is 0 Å². The molecule has 1 atom stereocenters. The summed E-state index contributed by atoms with van der Waals surface area (Å²) >= 11 is 0. The number of hydrogen-bond donors (Lipinski definition) is 0. The van der Waals surface area contributed by atoms with Crippen LogP contribution in [0, 0.1) is 22.2 Å². The van der Waals surface area contributed by atoms with E-state index in [-0.39, 0.29) is 17.0 Å². The van der Waals surface area contributed by atoms with E-state index in [2.05, 4.69) is 27.7 Å². The van der Waals surface area contributed by atoms with Crippen LogP contribution in [0.2, 0.25) is 0 Å². The molecule has 3 rings (SSSR count). The number of ether oxygens (including phenoxy) is 2. The number of anilines is 1. The van der Waals surface area contributed by atoms with Gasteiger partial charge in [-0.3, -0.25) is 0 Å². The van der Waals surface area contributed by atoms with Crippen molar-refractivity contribution in [2.24, 2.45) is 10.8 Å². The lowest BCUT2D eigenvalue weighted by molar-refractivity contribution is -0.356. The molecule has 1 heterocycles. The molecule has 1 spiro atoms. The Morgan fingerprint density at radius 2 is 1.80 bits per heavy atom. The fourth-order valence-electron chi connectivity index (χ4n) is 4.86. The zero-order valence-corrected chi connectivity index (χ0v) is 18.4. The van der Waals surface area contributed by atoms with Gasteiger partial charge in [-0.15, -0.1) is 0 Å². The minimum Gasteiger partial charge on any atom is -0.368 e. The lowest BCUT2D eigenvalue weighted by Crippen LogP contribution is -2.65. The van der Waals surface area contributed by atoms with Gasteiger partial charge >= 0.3 is 6.18 Å². The quantitative estimate of drug-likeness (QED) is 0.620. The first-order valence-corrected chi connectivity index (χ1v) is 10.5. The van der Waals surface area contributed by atoms with Gasteiger partial charge < -0.3 is 14.4 Å². The Balaban J connectivity index is 1.98. The van der Waals surface area contributed by atoms with Crippen molar-refractivity contribution in [2.75, 3.05) is 24.7 Å². The van der Waals surface area contributed by atoms with Crippen molar-refractivity contribution in [3.8, 4) is 6.07 Å². The maximum absolute atomic E-state index is 13.5. The Kier molecular flexibility index (Phi) is 5.90. The van der Waals surface area contributed by atoms with Gasteiger partial charge in [0.1, 0.15) is 0 Å². The molecule has 0 aromatic heterocycles. The SMILES string of the molecule is CCN(c1ccc(C#N)c(C(F)(F)F)c1)C1CCCC2(OCC(C)(C)CO2)C1(C)C. The van der Waals surface area contributed by atoms with Crippen molar-refractivity contribution in [3.05, 3.63) is 29.3 Å². The second-order valence-corrected chi connectivity index (χ2v) is 9.75. The predicted octanol–water partition coefficient (Wildman–Crippen LogP) is 5.75. The first-order chi connectivity index (χ1) is 13.9. The van der Waals surface area contributed by atoms with Gasteiger partial charge in [0, 0.05) is 35.5 Å². The molecule has 166 valence electrons. The summed E-state index contributed by atoms with van der Waals surface area (Å²) in [5, 5.41) is 9.11. The van der Waals surface area contributed by atoms with Crippen molar-refractivity contribution in [3.63, 3.8) is 0 Å². The third kappa shape index (κ3) is 3.92. The minimum atomic E-state index is -4.58. The maximum Gasteiger partial charge on any atom is 0.417 e. The predicted molar refractivity (Wildman–Crippen MR) is 109 cm³/mol. The zero-order valence-electron chi connectivity index (χ0n) is 18.4. The number of nitrogens with zero attached hydrogens (tertiary/aromatic N) is 2. The highest BCUT2D eigenvalue weighted by molar-refractivity contribution is 5.56. The second kappa shape index (κ2) is 7.72. The molecule has 1 aliphatic heterocycles. The molecule has 2 aliphatic rings. The number of rotatable bonds is 3. The van der Waals surface area contributed by atoms with Gasteiger partial charge in [-0.05, 0) is 38.0 Å². The van der Waals surface area contributed by atoms with Crippen LogP contribution < -0.4 is 4.90 Å². The summed E-state index contributed by atoms with van der Waals surface area (Å²) in [5.41, 5.74) is -1.29. The second-order valence-electron chi connectivity index (χ2n) is 9.75. The van der Waals surface area contributed by atoms with Crippen LogP contribution in [0.15, 0.2) is 18.2 Å². The van der Waals surface area contributed by atoms with E-state index in [4.69, 9.17) is 14.7 Å². The lowest BCUT2D eigenvalue weighted by atomic mass is 9.66. The first-order valence-electron chi connectivity index (χ1n) is 10.5. The monoisotopic (exact) mass is 424 g/mol. The van der Waals surface area contributed by atoms with Gasteiger partial charge in [-0.25, -0.2) is 0 Å². The normalized spacial score (nSPS) is 25.0. The van der Waals surface area contributed by atoms with Crippen molar-refractivity contribution in [1.82, 2.24) is 0 Å². The molecule has 4 nitrogen and oxygen atoms in total. The molecule has 30 heavy (non-hydrogen) atoms. The minimum absolute atomic E-state index is 0.0621. The van der Waals surface area contributed by atoms with Crippen LogP contribution in [-0.4, -0.2) is 31.6 Å². The van der Waals surface area contributed by atoms with E-state index < -0.39 is 22.9 Å². The summed E-state index contributed by atoms with van der Waals surface area (Å²) in [4.78, 5) is 2.00. The summed E-state index contributed by atoms with van der Waals surface area (Å²) in [7, 11) is 0. The van der Waals surface area contributed by atoms with Gasteiger partial charge in [0.05, 0.1) is 30.4 Å². The van der Waals surface area contributed by atoms with Crippen LogP contribution >= 0.6 is 0 Å². The van der Waals surface area contributed by atoms with E-state index in [0.29, 0.717) is 25.4 Å². The van der Waals surface area contributed by atoms with Gasteiger partial charge in [0.15, 0.2) is 5.79 Å². The molecular formula is C23H31F3N2O2. The largest absolute Gasteiger partial charge is 0.417 e. The molecule has 0 radical (unpaired) electrons. The van der Waals surface area contributed by atoms with E-state index in [9.17, 15) is 13.2 Å². The fourth-order valence-corrected chi connectivity index (χ4v) is 4.86. The summed E-state index contributed by atoms with van der Waals surface area (Å²) in [6, 6.07) is 5.57. The van der Waals surface area contributed by atoms with Crippen molar-refractivity contribution in [1.29, 1.82) is 5.26 Å². The smallest absolute Gasteiger partial charge is 0.368 e. The fraction of sp³-hybridized carbons (Fsp3) is 0.696. The molecule has 1 aromatic carbocycles. The molecule has 1 saturated carbocycles. The summed E-state index contributed by atoms with van der Waals surface area (Å²) in [6.45, 7) is 12.0. The molecular weight excluding hydrogens is 393 g/mol. The number of hydrogen-bond acceptors (Lipinski definition) is 4. The zero-order chi connectivity index (χ0) is 22.4. The van der Waals surface area contributed by atoms with E-state index in [1.54, 1.807) is 12.1 Å². The summed E-state index contributed by atoms with van der Waals surface area (Å²) < 4.78 is 53.3. The van der Waals surface area contributed by atoms with Crippen LogP contribution in [0.3, 0.4) is 0 Å². The Morgan fingerprint density at radius 3 is 2.33 bits per heavy atom. The lowest BCUT2D eigenvalue weighted by Gasteiger charge is -2.59. The van der Waals surface area contributed by atoms with E-state index in [0.717, 1.165) is 25.3 Å². The number of alkyl halides is 3. The molecule has 7 heteroatoms. The topological polar surface area (TPSA) is 45.5 Å². The molecule has 1 unspecified atom stereocenters. The highest BCUT2D eigenvalue weighted by Crippen LogP contribution is 2.52. The van der Waals surface area contributed by atoms with Crippen molar-refractivity contribution < 1.29 is 22.6 Å². The molecule has 1 saturated heterocycles. The number of nitriles is 1. The van der Waals surface area contributed by atoms with E-state index >= 15 is 0 Å². The Morgan fingerprint density at radius 1 is 1.17 bits per heavy atom. The first kappa shape index (κ1) is 22.9. The molecule has 1 aromatic rings. The van der Waals surface area contributed by atoms with Crippen LogP contribution in [-0.2, 0) is 15.7 Å². The Bertz CT molecular complexity index is 817. The molecule has 0 amide bonds. The molecule has 2 fully saturated rings. The highest BCUT2D eigenvalue weighted by Gasteiger charge is 2.58. The van der Waals surface area contributed by atoms with Crippen LogP contribution in [0.4, 0.5) is 18.9 Å². The van der Waals surface area contributed by atoms with Gasteiger partial charge in [0.2, 0.25) is 0 Å². The average Bonchev–Trinajstić information content (AvgIpc) is 2.67. The third-order valence-corrected chi connectivity index (χ3v) is 6.67. The summed E-state index contributed by atoms with van der Waals surface area (Å²) in [6.07, 6.45) is -2.11. The van der Waals surface area contributed by atoms with Crippen LogP contribution in [0.25, 0.3) is 0 Å². The highest BCUT2D eigenvalue weighted by atomic mass is 19.4. The van der Waals surface area contributed by atoms with Gasteiger partial charge in [-0.2, -0.15) is 18.4 Å². The maximum atomic E-state index is 13.5. The van der Waals surface area contributed by atoms with Crippen molar-refractivity contribution >= 4 is 5.69 Å². The molecule has 1 aliphatic carbocycles. The van der Waals surface area contributed by atoms with Crippen LogP contribution in [0.1, 0.15) is 65.0 Å². The number of halogens is 3. The van der Waals surface area contributed by atoms with Crippen LogP contribution in [0.5, 0.6) is 0 Å². The summed E-state index contributed by atoms with van der Waals surface area (Å²) in [5.74, 6) is -0.752. The standard InChI is InChI=1S/C23H31F3N2O2/c1-6-28(17-10-9-16(13-27)18(12-17)23(24,25)26)19-8-7-11-22(21(19,4)5)29-14-20(2,3)15-30-22/h9-10,12,19H,6-8,11,14-15H2,1-5H3. The van der Waals surface area contributed by atoms with Crippen molar-refractivity contribution in [2.45, 2.75) is 71.9 Å². The Labute approximate surface area is 176 Å². The number of benzene rings is 1.